The van der Waals surface area contributed by atoms with Crippen LogP contribution in [0.25, 0.3) is 0 Å². The fourth-order valence-electron chi connectivity index (χ4n) is 2.08. The normalized spacial score (nSPS) is 18.9. The third-order valence-corrected chi connectivity index (χ3v) is 2.95. The van der Waals surface area contributed by atoms with Crippen molar-refractivity contribution in [2.45, 2.75) is 12.5 Å². The SMILES string of the molecule is COC(=O)NC1CCN(C)c2ccccc21. The summed E-state index contributed by atoms with van der Waals surface area (Å²) >= 11 is 0. The Labute approximate surface area is 95.2 Å². The Kier molecular flexibility index (Phi) is 2.99. The van der Waals surface area contributed by atoms with Gasteiger partial charge in [-0.15, -0.1) is 0 Å². The fraction of sp³-hybridized carbons (Fsp3) is 0.417. The van der Waals surface area contributed by atoms with Crippen LogP contribution in [0.4, 0.5) is 10.5 Å². The van der Waals surface area contributed by atoms with Crippen molar-refractivity contribution in [2.24, 2.45) is 0 Å². The lowest BCUT2D eigenvalue weighted by molar-refractivity contribution is 0.166. The first-order chi connectivity index (χ1) is 7.72. The van der Waals surface area contributed by atoms with Gasteiger partial charge in [-0.3, -0.25) is 0 Å². The number of hydrogen-bond donors (Lipinski definition) is 1. The molecule has 0 saturated carbocycles. The molecule has 0 fully saturated rings. The number of carbonyl (C=O) groups is 1. The first-order valence-electron chi connectivity index (χ1n) is 5.37. The zero-order valence-electron chi connectivity index (χ0n) is 9.56. The van der Waals surface area contributed by atoms with E-state index in [0.29, 0.717) is 0 Å². The van der Waals surface area contributed by atoms with Crippen LogP contribution in [-0.2, 0) is 4.74 Å². The minimum absolute atomic E-state index is 0.0554. The van der Waals surface area contributed by atoms with E-state index in [1.54, 1.807) is 0 Å². The molecule has 16 heavy (non-hydrogen) atoms. The van der Waals surface area contributed by atoms with Gasteiger partial charge in [0, 0.05) is 19.3 Å². The van der Waals surface area contributed by atoms with Gasteiger partial charge >= 0.3 is 6.09 Å². The first kappa shape index (κ1) is 10.8. The number of fused-ring (bicyclic) bond motifs is 1. The number of nitrogens with zero attached hydrogens (tertiary/aromatic N) is 1. The number of nitrogens with one attached hydrogen (secondary N) is 1. The van der Waals surface area contributed by atoms with Gasteiger partial charge in [0.2, 0.25) is 0 Å². The Balaban J connectivity index is 2.24. The van der Waals surface area contributed by atoms with Crippen molar-refractivity contribution in [1.29, 1.82) is 0 Å². The highest BCUT2D eigenvalue weighted by Gasteiger charge is 2.24. The Morgan fingerprint density at radius 1 is 1.50 bits per heavy atom. The average molecular weight is 220 g/mol. The molecule has 4 nitrogen and oxygen atoms in total. The van der Waals surface area contributed by atoms with Gasteiger partial charge in [-0.25, -0.2) is 4.79 Å². The molecule has 0 bridgehead atoms. The van der Waals surface area contributed by atoms with E-state index in [-0.39, 0.29) is 12.1 Å². The molecule has 1 heterocycles. The number of methoxy groups -OCH3 is 1. The van der Waals surface area contributed by atoms with Gasteiger partial charge in [-0.1, -0.05) is 18.2 Å². The third kappa shape index (κ3) is 1.96. The Hall–Kier alpha value is -1.71. The van der Waals surface area contributed by atoms with Crippen LogP contribution < -0.4 is 10.2 Å². The average Bonchev–Trinajstić information content (AvgIpc) is 2.33. The number of rotatable bonds is 1. The van der Waals surface area contributed by atoms with E-state index in [1.807, 2.05) is 18.2 Å². The molecule has 1 aromatic carbocycles. The highest BCUT2D eigenvalue weighted by Crippen LogP contribution is 2.32. The summed E-state index contributed by atoms with van der Waals surface area (Å²) < 4.78 is 4.63. The summed E-state index contributed by atoms with van der Waals surface area (Å²) in [7, 11) is 3.45. The Bertz CT molecular complexity index is 392. The van der Waals surface area contributed by atoms with Crippen LogP contribution >= 0.6 is 0 Å². The van der Waals surface area contributed by atoms with Crippen LogP contribution in [0.5, 0.6) is 0 Å². The number of alkyl carbamates (subject to hydrolysis) is 1. The molecule has 4 heteroatoms. The highest BCUT2D eigenvalue weighted by molar-refractivity contribution is 5.69. The second-order valence-corrected chi connectivity index (χ2v) is 3.96. The second-order valence-electron chi connectivity index (χ2n) is 3.96. The minimum atomic E-state index is -0.371. The predicted molar refractivity (Wildman–Crippen MR) is 62.6 cm³/mol. The van der Waals surface area contributed by atoms with Crippen molar-refractivity contribution in [3.8, 4) is 0 Å². The Morgan fingerprint density at radius 3 is 3.00 bits per heavy atom. The molecule has 0 aliphatic carbocycles. The lowest BCUT2D eigenvalue weighted by atomic mass is 9.97. The summed E-state index contributed by atoms with van der Waals surface area (Å²) in [6.07, 6.45) is 0.534. The smallest absolute Gasteiger partial charge is 0.407 e. The molecule has 0 radical (unpaired) electrons. The van der Waals surface area contributed by atoms with Crippen LogP contribution in [0.2, 0.25) is 0 Å². The number of para-hydroxylation sites is 1. The largest absolute Gasteiger partial charge is 0.453 e. The molecule has 1 N–H and O–H groups in total. The van der Waals surface area contributed by atoms with Crippen LogP contribution in [-0.4, -0.2) is 26.8 Å². The van der Waals surface area contributed by atoms with Crippen molar-refractivity contribution >= 4 is 11.8 Å². The zero-order valence-corrected chi connectivity index (χ0v) is 9.56. The summed E-state index contributed by atoms with van der Waals surface area (Å²) in [4.78, 5) is 13.4. The number of amides is 1. The van der Waals surface area contributed by atoms with Gasteiger partial charge in [0.05, 0.1) is 13.2 Å². The maximum absolute atomic E-state index is 11.2. The number of hydrogen-bond acceptors (Lipinski definition) is 3. The van der Waals surface area contributed by atoms with E-state index in [4.69, 9.17) is 0 Å². The van der Waals surface area contributed by atoms with Gasteiger partial charge in [-0.2, -0.15) is 0 Å². The second kappa shape index (κ2) is 4.43. The van der Waals surface area contributed by atoms with E-state index in [1.165, 1.54) is 12.8 Å². The van der Waals surface area contributed by atoms with Gasteiger partial charge < -0.3 is 15.0 Å². The summed E-state index contributed by atoms with van der Waals surface area (Å²) in [5.74, 6) is 0. The molecule has 86 valence electrons. The van der Waals surface area contributed by atoms with E-state index in [0.717, 1.165) is 18.5 Å². The number of ether oxygens (including phenoxy) is 1. The number of anilines is 1. The minimum Gasteiger partial charge on any atom is -0.453 e. The summed E-state index contributed by atoms with van der Waals surface area (Å²) in [6, 6.07) is 8.17. The van der Waals surface area contributed by atoms with Gasteiger partial charge in [0.1, 0.15) is 0 Å². The summed E-state index contributed by atoms with van der Waals surface area (Å²) in [5.41, 5.74) is 2.33. The highest BCUT2D eigenvalue weighted by atomic mass is 16.5. The molecule has 0 saturated heterocycles. The molecule has 1 aliphatic heterocycles. The summed E-state index contributed by atoms with van der Waals surface area (Å²) in [6.45, 7) is 0.936. The van der Waals surface area contributed by atoms with Gasteiger partial charge in [0.15, 0.2) is 0 Å². The molecule has 1 atom stereocenters. The molecule has 1 unspecified atom stereocenters. The molecule has 1 aromatic rings. The quantitative estimate of drug-likeness (QED) is 0.786. The van der Waals surface area contributed by atoms with Crippen LogP contribution in [0.1, 0.15) is 18.0 Å². The standard InChI is InChI=1S/C12H16N2O2/c1-14-8-7-10(13-12(15)16-2)9-5-3-4-6-11(9)14/h3-6,10H,7-8H2,1-2H3,(H,13,15). The van der Waals surface area contributed by atoms with Crippen molar-refractivity contribution in [3.05, 3.63) is 29.8 Å². The number of carbonyl (C=O) groups excluding carboxylic acids is 1. The molecule has 1 amide bonds. The van der Waals surface area contributed by atoms with Crippen LogP contribution in [0, 0.1) is 0 Å². The van der Waals surface area contributed by atoms with Crippen molar-refractivity contribution in [2.75, 3.05) is 25.6 Å². The van der Waals surface area contributed by atoms with E-state index < -0.39 is 0 Å². The van der Waals surface area contributed by atoms with Gasteiger partial charge in [-0.05, 0) is 18.1 Å². The topological polar surface area (TPSA) is 41.6 Å². The maximum Gasteiger partial charge on any atom is 0.407 e. The van der Waals surface area contributed by atoms with Crippen molar-refractivity contribution in [3.63, 3.8) is 0 Å². The lowest BCUT2D eigenvalue weighted by Crippen LogP contribution is -2.36. The van der Waals surface area contributed by atoms with E-state index in [9.17, 15) is 4.79 Å². The zero-order chi connectivity index (χ0) is 11.5. The summed E-state index contributed by atoms with van der Waals surface area (Å²) in [5, 5.41) is 2.86. The van der Waals surface area contributed by atoms with Crippen LogP contribution in [0.15, 0.2) is 24.3 Å². The molecule has 0 spiro atoms. The molecule has 1 aliphatic rings. The van der Waals surface area contributed by atoms with Crippen molar-refractivity contribution in [1.82, 2.24) is 5.32 Å². The monoisotopic (exact) mass is 220 g/mol. The molecular weight excluding hydrogens is 204 g/mol. The molecule has 2 rings (SSSR count). The number of benzene rings is 1. The lowest BCUT2D eigenvalue weighted by Gasteiger charge is -2.33. The molecular formula is C12H16N2O2. The first-order valence-corrected chi connectivity index (χ1v) is 5.37. The fourth-order valence-corrected chi connectivity index (χ4v) is 2.08. The third-order valence-electron chi connectivity index (χ3n) is 2.95. The van der Waals surface area contributed by atoms with Crippen molar-refractivity contribution < 1.29 is 9.53 Å². The van der Waals surface area contributed by atoms with E-state index in [2.05, 4.69) is 28.1 Å². The maximum atomic E-state index is 11.2. The van der Waals surface area contributed by atoms with Crippen LogP contribution in [0.3, 0.4) is 0 Å². The molecule has 0 aromatic heterocycles. The van der Waals surface area contributed by atoms with E-state index >= 15 is 0 Å². The predicted octanol–water partition coefficient (Wildman–Crippen LogP) is 1.92. The van der Waals surface area contributed by atoms with Gasteiger partial charge in [0.25, 0.3) is 0 Å². The Morgan fingerprint density at radius 2 is 2.25 bits per heavy atom.